The fraction of sp³-hybridized carbons (Fsp3) is 0.346. The van der Waals surface area contributed by atoms with Crippen molar-refractivity contribution in [2.45, 2.75) is 46.3 Å². The lowest BCUT2D eigenvalue weighted by Crippen LogP contribution is -2.31. The Morgan fingerprint density at radius 2 is 1.83 bits per heavy atom. The highest BCUT2D eigenvalue weighted by Crippen LogP contribution is 2.29. The highest BCUT2D eigenvalue weighted by Gasteiger charge is 2.30. The Balaban J connectivity index is 2.32. The molecule has 0 N–H and O–H groups in total. The van der Waals surface area contributed by atoms with Crippen LogP contribution in [0.15, 0.2) is 70.4 Å². The first-order chi connectivity index (χ1) is 17.1. The molecule has 0 unspecified atom stereocenters. The van der Waals surface area contributed by atoms with Gasteiger partial charge in [-0.25, -0.2) is 9.98 Å². The molecule has 0 fully saturated rings. The number of carbonyl (C=O) groups excluding carboxylic acids is 1. The van der Waals surface area contributed by atoms with E-state index in [1.54, 1.807) is 6.07 Å². The highest BCUT2D eigenvalue weighted by atomic mass is 19.4. The second-order valence-electron chi connectivity index (χ2n) is 7.89. The SMILES string of the molecule is C=CN=C(/N=C(\CC)c1ccc(C(F)(F)F)cc1)N(CCC)Cc1ccc(OCC(=O)N=O)c(C)c1. The number of nitroso groups, excluding NO2 is 1. The van der Waals surface area contributed by atoms with Gasteiger partial charge >= 0.3 is 12.1 Å². The average Bonchev–Trinajstić information content (AvgIpc) is 2.85. The summed E-state index contributed by atoms with van der Waals surface area (Å²) in [6.45, 7) is 10.0. The van der Waals surface area contributed by atoms with Crippen molar-refractivity contribution >= 4 is 17.6 Å². The number of benzene rings is 2. The van der Waals surface area contributed by atoms with E-state index in [0.717, 1.165) is 29.7 Å². The van der Waals surface area contributed by atoms with E-state index in [4.69, 9.17) is 9.73 Å². The number of guanidine groups is 1. The zero-order valence-corrected chi connectivity index (χ0v) is 20.5. The molecule has 10 heteroatoms. The Kier molecular flexibility index (Phi) is 10.5. The molecule has 0 saturated carbocycles. The second-order valence-corrected chi connectivity index (χ2v) is 7.89. The molecule has 0 spiro atoms. The van der Waals surface area contributed by atoms with Gasteiger partial charge in [0.2, 0.25) is 5.96 Å². The fourth-order valence-electron chi connectivity index (χ4n) is 3.46. The van der Waals surface area contributed by atoms with Crippen molar-refractivity contribution in [3.8, 4) is 5.75 Å². The maximum absolute atomic E-state index is 13.0. The number of ether oxygens (including phenoxy) is 1. The standard InChI is InChI=1S/C26H29F3N4O3/c1-5-14-33(16-19-8-13-23(18(4)15-19)36-17-24(34)32-35)25(30-7-3)31-22(6-2)20-9-11-21(12-10-20)26(27,28)29/h7-13,15H,3,5-6,14,16-17H2,1-2,4H3/b30-25?,31-22+. The number of hydrogen-bond acceptors (Lipinski definition) is 4. The number of alkyl halides is 3. The molecule has 0 aliphatic heterocycles. The second kappa shape index (κ2) is 13.3. The van der Waals surface area contributed by atoms with Crippen LogP contribution in [0.5, 0.6) is 5.75 Å². The minimum absolute atomic E-state index is 0.393. The van der Waals surface area contributed by atoms with E-state index in [0.29, 0.717) is 42.5 Å². The number of aliphatic imine (C=N–C) groups is 2. The zero-order valence-electron chi connectivity index (χ0n) is 20.5. The molecule has 7 nitrogen and oxygen atoms in total. The summed E-state index contributed by atoms with van der Waals surface area (Å²) >= 11 is 0. The van der Waals surface area contributed by atoms with Crippen LogP contribution in [0, 0.1) is 11.8 Å². The Morgan fingerprint density at radius 3 is 2.36 bits per heavy atom. The zero-order chi connectivity index (χ0) is 26.7. The minimum Gasteiger partial charge on any atom is -0.483 e. The van der Waals surface area contributed by atoms with Crippen molar-refractivity contribution in [3.63, 3.8) is 0 Å². The Hall–Kier alpha value is -3.82. The molecule has 0 aliphatic rings. The van der Waals surface area contributed by atoms with Gasteiger partial charge in [0.1, 0.15) is 5.75 Å². The molecule has 0 heterocycles. The first kappa shape index (κ1) is 28.4. The van der Waals surface area contributed by atoms with Gasteiger partial charge in [-0.05, 0) is 54.7 Å². The van der Waals surface area contributed by atoms with Gasteiger partial charge < -0.3 is 9.64 Å². The molecule has 36 heavy (non-hydrogen) atoms. The van der Waals surface area contributed by atoms with Crippen molar-refractivity contribution in [2.75, 3.05) is 13.2 Å². The van der Waals surface area contributed by atoms with E-state index in [-0.39, 0.29) is 0 Å². The van der Waals surface area contributed by atoms with Crippen molar-refractivity contribution in [3.05, 3.63) is 82.4 Å². The van der Waals surface area contributed by atoms with E-state index in [1.807, 2.05) is 37.8 Å². The van der Waals surface area contributed by atoms with Gasteiger partial charge in [-0.15, -0.1) is 4.91 Å². The molecule has 2 aromatic carbocycles. The van der Waals surface area contributed by atoms with Gasteiger partial charge in [-0.3, -0.25) is 4.79 Å². The van der Waals surface area contributed by atoms with Gasteiger partial charge in [0.05, 0.1) is 11.3 Å². The Labute approximate surface area is 208 Å². The number of carbonyl (C=O) groups is 1. The molecule has 0 aliphatic carbocycles. The molecular formula is C26H29F3N4O3. The monoisotopic (exact) mass is 502 g/mol. The Bertz CT molecular complexity index is 1130. The van der Waals surface area contributed by atoms with Crippen LogP contribution in [0.1, 0.15) is 48.9 Å². The van der Waals surface area contributed by atoms with Crippen molar-refractivity contribution in [1.82, 2.24) is 4.90 Å². The molecule has 0 radical (unpaired) electrons. The van der Waals surface area contributed by atoms with Crippen LogP contribution >= 0.6 is 0 Å². The maximum Gasteiger partial charge on any atom is 0.416 e. The number of amides is 1. The quantitative estimate of drug-likeness (QED) is 0.217. The molecule has 1 amide bonds. The smallest absolute Gasteiger partial charge is 0.416 e. The normalized spacial score (nSPS) is 12.3. The molecule has 2 rings (SSSR count). The summed E-state index contributed by atoms with van der Waals surface area (Å²) in [5, 5.41) is 2.31. The summed E-state index contributed by atoms with van der Waals surface area (Å²) in [5.74, 6) is -0.0360. The number of halogens is 3. The van der Waals surface area contributed by atoms with Gasteiger partial charge in [-0.1, -0.05) is 44.7 Å². The third-order valence-electron chi connectivity index (χ3n) is 5.16. The van der Waals surface area contributed by atoms with E-state index in [9.17, 15) is 22.9 Å². The highest BCUT2D eigenvalue weighted by molar-refractivity contribution is 6.07. The van der Waals surface area contributed by atoms with E-state index in [2.05, 4.69) is 16.7 Å². The molecular weight excluding hydrogens is 473 g/mol. The fourth-order valence-corrected chi connectivity index (χ4v) is 3.46. The number of aryl methyl sites for hydroxylation is 1. The van der Waals surface area contributed by atoms with Crippen LogP contribution in [0.2, 0.25) is 0 Å². The molecule has 0 atom stereocenters. The summed E-state index contributed by atoms with van der Waals surface area (Å²) in [4.78, 5) is 32.3. The van der Waals surface area contributed by atoms with Gasteiger partial charge in [0, 0.05) is 24.5 Å². The van der Waals surface area contributed by atoms with Crippen LogP contribution in [-0.4, -0.2) is 35.6 Å². The molecule has 2 aromatic rings. The van der Waals surface area contributed by atoms with Crippen LogP contribution < -0.4 is 4.74 Å². The maximum atomic E-state index is 13.0. The van der Waals surface area contributed by atoms with Crippen LogP contribution in [0.25, 0.3) is 0 Å². The number of hydrogen-bond donors (Lipinski definition) is 0. The topological polar surface area (TPSA) is 83.7 Å². The number of rotatable bonds is 10. The van der Waals surface area contributed by atoms with Gasteiger partial charge in [0.15, 0.2) is 6.61 Å². The number of nitrogens with zero attached hydrogens (tertiary/aromatic N) is 4. The third-order valence-corrected chi connectivity index (χ3v) is 5.16. The Morgan fingerprint density at radius 1 is 1.14 bits per heavy atom. The van der Waals surface area contributed by atoms with Crippen molar-refractivity contribution < 1.29 is 22.7 Å². The summed E-state index contributed by atoms with van der Waals surface area (Å²) < 4.78 is 44.2. The first-order valence-corrected chi connectivity index (χ1v) is 11.4. The van der Waals surface area contributed by atoms with Crippen LogP contribution in [0.4, 0.5) is 13.2 Å². The summed E-state index contributed by atoms with van der Waals surface area (Å²) in [5.41, 5.74) is 2.15. The molecule has 0 saturated heterocycles. The molecule has 192 valence electrons. The van der Waals surface area contributed by atoms with E-state index >= 15 is 0 Å². The predicted octanol–water partition coefficient (Wildman–Crippen LogP) is 6.30. The first-order valence-electron chi connectivity index (χ1n) is 11.4. The average molecular weight is 503 g/mol. The molecule has 0 bridgehead atoms. The molecule has 0 aromatic heterocycles. The lowest BCUT2D eigenvalue weighted by molar-refractivity contribution is -0.137. The lowest BCUT2D eigenvalue weighted by Gasteiger charge is -2.24. The van der Waals surface area contributed by atoms with Crippen LogP contribution in [0.3, 0.4) is 0 Å². The minimum atomic E-state index is -4.41. The van der Waals surface area contributed by atoms with Crippen molar-refractivity contribution in [2.24, 2.45) is 15.2 Å². The van der Waals surface area contributed by atoms with Gasteiger partial charge in [0.25, 0.3) is 0 Å². The van der Waals surface area contributed by atoms with Crippen molar-refractivity contribution in [1.29, 1.82) is 0 Å². The van der Waals surface area contributed by atoms with E-state index in [1.165, 1.54) is 18.3 Å². The van der Waals surface area contributed by atoms with Crippen LogP contribution in [-0.2, 0) is 17.5 Å². The summed E-state index contributed by atoms with van der Waals surface area (Å²) in [6.07, 6.45) is -1.74. The summed E-state index contributed by atoms with van der Waals surface area (Å²) in [7, 11) is 0. The third kappa shape index (κ3) is 8.14. The summed E-state index contributed by atoms with van der Waals surface area (Å²) in [6, 6.07) is 10.3. The largest absolute Gasteiger partial charge is 0.483 e. The predicted molar refractivity (Wildman–Crippen MR) is 134 cm³/mol. The van der Waals surface area contributed by atoms with Gasteiger partial charge in [-0.2, -0.15) is 13.2 Å². The lowest BCUT2D eigenvalue weighted by atomic mass is 10.1. The van der Waals surface area contributed by atoms with E-state index < -0.39 is 24.3 Å².